The van der Waals surface area contributed by atoms with Gasteiger partial charge in [-0.15, -0.1) is 0 Å². The Labute approximate surface area is 131 Å². The minimum atomic E-state index is 0.138. The number of phenols is 2. The Hall–Kier alpha value is -2.74. The number of rotatable bonds is 2. The van der Waals surface area contributed by atoms with E-state index in [1.807, 2.05) is 48.5 Å². The summed E-state index contributed by atoms with van der Waals surface area (Å²) in [6, 6.07) is 24.8. The van der Waals surface area contributed by atoms with E-state index >= 15 is 0 Å². The highest BCUT2D eigenvalue weighted by molar-refractivity contribution is 5.45. The Kier molecular flexibility index (Phi) is 5.61. The normalized spacial score (nSPS) is 9.68. The van der Waals surface area contributed by atoms with Gasteiger partial charge in [-0.05, 0) is 24.6 Å². The molecular formula is C20H20O2. The van der Waals surface area contributed by atoms with Gasteiger partial charge in [0.05, 0.1) is 0 Å². The third kappa shape index (κ3) is 4.67. The molecule has 0 radical (unpaired) electrons. The second kappa shape index (κ2) is 7.89. The third-order valence-electron chi connectivity index (χ3n) is 3.29. The highest BCUT2D eigenvalue weighted by Gasteiger charge is 2.06. The van der Waals surface area contributed by atoms with Crippen molar-refractivity contribution in [1.29, 1.82) is 0 Å². The summed E-state index contributed by atoms with van der Waals surface area (Å²) in [4.78, 5) is 0. The molecule has 0 aliphatic carbocycles. The molecule has 0 aliphatic rings. The molecule has 0 heterocycles. The molecule has 0 aliphatic heterocycles. The summed E-state index contributed by atoms with van der Waals surface area (Å²) in [5.74, 6) is 0.276. The molecule has 3 aromatic carbocycles. The zero-order valence-electron chi connectivity index (χ0n) is 12.6. The molecule has 112 valence electrons. The number of benzene rings is 3. The van der Waals surface area contributed by atoms with Crippen LogP contribution in [0.5, 0.6) is 11.5 Å². The largest absolute Gasteiger partial charge is 0.508 e. The molecule has 0 amide bonds. The third-order valence-corrected chi connectivity index (χ3v) is 3.29. The van der Waals surface area contributed by atoms with Crippen LogP contribution in [0.4, 0.5) is 0 Å². The second-order valence-electron chi connectivity index (χ2n) is 5.09. The van der Waals surface area contributed by atoms with Crippen molar-refractivity contribution in [3.8, 4) is 11.5 Å². The number of hydrogen-bond donors (Lipinski definition) is 2. The van der Waals surface area contributed by atoms with Crippen LogP contribution < -0.4 is 0 Å². The van der Waals surface area contributed by atoms with Crippen LogP contribution in [-0.4, -0.2) is 10.2 Å². The molecule has 3 aromatic rings. The summed E-state index contributed by atoms with van der Waals surface area (Å²) in [7, 11) is 0. The molecule has 3 rings (SSSR count). The second-order valence-corrected chi connectivity index (χ2v) is 5.09. The van der Waals surface area contributed by atoms with E-state index < -0.39 is 0 Å². The lowest BCUT2D eigenvalue weighted by Crippen LogP contribution is -1.89. The Balaban J connectivity index is 0.000000211. The zero-order valence-corrected chi connectivity index (χ0v) is 12.6. The standard InChI is InChI=1S/C13H12O2.C7H8/c14-12-7-4-8-13(15)11(12)9-10-5-2-1-3-6-10;1-7-5-3-2-4-6-7/h1-8,14-15H,9H2;2-6H,1H3. The highest BCUT2D eigenvalue weighted by atomic mass is 16.3. The topological polar surface area (TPSA) is 40.5 Å². The fraction of sp³-hybridized carbons (Fsp3) is 0.100. The van der Waals surface area contributed by atoms with Gasteiger partial charge in [0, 0.05) is 12.0 Å². The maximum atomic E-state index is 9.59. The molecular weight excluding hydrogens is 272 g/mol. The van der Waals surface area contributed by atoms with Gasteiger partial charge in [0.25, 0.3) is 0 Å². The Morgan fingerprint density at radius 1 is 0.636 bits per heavy atom. The molecule has 0 spiro atoms. The summed E-state index contributed by atoms with van der Waals surface area (Å²) in [6.45, 7) is 2.08. The first-order valence-electron chi connectivity index (χ1n) is 7.22. The highest BCUT2D eigenvalue weighted by Crippen LogP contribution is 2.28. The van der Waals surface area contributed by atoms with Crippen molar-refractivity contribution in [2.75, 3.05) is 0 Å². The molecule has 0 aromatic heterocycles. The molecule has 22 heavy (non-hydrogen) atoms. The van der Waals surface area contributed by atoms with Gasteiger partial charge in [0.2, 0.25) is 0 Å². The van der Waals surface area contributed by atoms with Gasteiger partial charge in [-0.3, -0.25) is 0 Å². The maximum absolute atomic E-state index is 9.59. The Morgan fingerprint density at radius 2 is 1.14 bits per heavy atom. The van der Waals surface area contributed by atoms with Crippen LogP contribution in [0.25, 0.3) is 0 Å². The minimum Gasteiger partial charge on any atom is -0.508 e. The molecule has 0 fully saturated rings. The first-order chi connectivity index (χ1) is 10.7. The van der Waals surface area contributed by atoms with E-state index in [0.717, 1.165) is 5.56 Å². The minimum absolute atomic E-state index is 0.138. The van der Waals surface area contributed by atoms with E-state index in [-0.39, 0.29) is 11.5 Å². The lowest BCUT2D eigenvalue weighted by molar-refractivity contribution is 0.440. The predicted octanol–water partition coefficient (Wildman–Crippen LogP) is 4.68. The first-order valence-corrected chi connectivity index (χ1v) is 7.22. The van der Waals surface area contributed by atoms with Crippen molar-refractivity contribution in [2.45, 2.75) is 13.3 Å². The quantitative estimate of drug-likeness (QED) is 0.719. The number of hydrogen-bond acceptors (Lipinski definition) is 2. The van der Waals surface area contributed by atoms with Crippen LogP contribution in [0.3, 0.4) is 0 Å². The molecule has 0 atom stereocenters. The van der Waals surface area contributed by atoms with Crippen molar-refractivity contribution in [2.24, 2.45) is 0 Å². The van der Waals surface area contributed by atoms with E-state index in [2.05, 4.69) is 19.1 Å². The summed E-state index contributed by atoms with van der Waals surface area (Å²) >= 11 is 0. The van der Waals surface area contributed by atoms with Crippen molar-refractivity contribution in [3.05, 3.63) is 95.6 Å². The fourth-order valence-corrected chi connectivity index (χ4v) is 2.08. The van der Waals surface area contributed by atoms with E-state index in [1.165, 1.54) is 5.56 Å². The molecule has 0 saturated heterocycles. The molecule has 0 unspecified atom stereocenters. The van der Waals surface area contributed by atoms with Crippen LogP contribution in [0.1, 0.15) is 16.7 Å². The lowest BCUT2D eigenvalue weighted by Gasteiger charge is -2.06. The molecule has 0 bridgehead atoms. The monoisotopic (exact) mass is 292 g/mol. The van der Waals surface area contributed by atoms with Crippen LogP contribution in [0, 0.1) is 6.92 Å². The van der Waals surface area contributed by atoms with Gasteiger partial charge in [-0.25, -0.2) is 0 Å². The Bertz CT molecular complexity index is 671. The molecule has 0 saturated carbocycles. The van der Waals surface area contributed by atoms with Gasteiger partial charge in [0.15, 0.2) is 0 Å². The van der Waals surface area contributed by atoms with Gasteiger partial charge in [0.1, 0.15) is 11.5 Å². The molecule has 2 heteroatoms. The maximum Gasteiger partial charge on any atom is 0.122 e. The van der Waals surface area contributed by atoms with Gasteiger partial charge < -0.3 is 10.2 Å². The number of aromatic hydroxyl groups is 2. The summed E-state index contributed by atoms with van der Waals surface area (Å²) in [5, 5.41) is 19.2. The molecule has 2 nitrogen and oxygen atoms in total. The van der Waals surface area contributed by atoms with Gasteiger partial charge >= 0.3 is 0 Å². The summed E-state index contributed by atoms with van der Waals surface area (Å²) in [5.41, 5.74) is 2.96. The van der Waals surface area contributed by atoms with E-state index in [1.54, 1.807) is 18.2 Å². The van der Waals surface area contributed by atoms with Crippen molar-refractivity contribution in [3.63, 3.8) is 0 Å². The van der Waals surface area contributed by atoms with Gasteiger partial charge in [-0.1, -0.05) is 72.3 Å². The number of phenolic OH excluding ortho intramolecular Hbond substituents is 2. The van der Waals surface area contributed by atoms with Crippen LogP contribution in [0.15, 0.2) is 78.9 Å². The van der Waals surface area contributed by atoms with Crippen molar-refractivity contribution < 1.29 is 10.2 Å². The summed E-state index contributed by atoms with van der Waals surface area (Å²) < 4.78 is 0. The van der Waals surface area contributed by atoms with Crippen LogP contribution >= 0.6 is 0 Å². The average Bonchev–Trinajstić information content (AvgIpc) is 2.54. The van der Waals surface area contributed by atoms with E-state index in [9.17, 15) is 10.2 Å². The lowest BCUT2D eigenvalue weighted by atomic mass is 10.0. The fourth-order valence-electron chi connectivity index (χ4n) is 2.08. The van der Waals surface area contributed by atoms with Crippen LogP contribution in [-0.2, 0) is 6.42 Å². The first kappa shape index (κ1) is 15.6. The number of aryl methyl sites for hydroxylation is 1. The molecule has 2 N–H and O–H groups in total. The van der Waals surface area contributed by atoms with Crippen molar-refractivity contribution in [1.82, 2.24) is 0 Å². The van der Waals surface area contributed by atoms with Crippen molar-refractivity contribution >= 4 is 0 Å². The summed E-state index contributed by atoms with van der Waals surface area (Å²) in [6.07, 6.45) is 0.541. The Morgan fingerprint density at radius 3 is 1.59 bits per heavy atom. The smallest absolute Gasteiger partial charge is 0.122 e. The average molecular weight is 292 g/mol. The SMILES string of the molecule is Cc1ccccc1.Oc1cccc(O)c1Cc1ccccc1. The van der Waals surface area contributed by atoms with E-state index in [4.69, 9.17) is 0 Å². The zero-order chi connectivity index (χ0) is 15.8. The van der Waals surface area contributed by atoms with Crippen LogP contribution in [0.2, 0.25) is 0 Å². The van der Waals surface area contributed by atoms with Gasteiger partial charge in [-0.2, -0.15) is 0 Å². The predicted molar refractivity (Wildman–Crippen MR) is 90.2 cm³/mol. The van der Waals surface area contributed by atoms with E-state index in [0.29, 0.717) is 12.0 Å².